The van der Waals surface area contributed by atoms with Crippen LogP contribution in [0.2, 0.25) is 0 Å². The van der Waals surface area contributed by atoms with Gasteiger partial charge in [-0.2, -0.15) is 0 Å². The van der Waals surface area contributed by atoms with Gasteiger partial charge in [0.2, 0.25) is 5.91 Å². The molecule has 26 heavy (non-hydrogen) atoms. The van der Waals surface area contributed by atoms with E-state index in [2.05, 4.69) is 10.1 Å². The molecule has 2 rings (SSSR count). The SMILES string of the molecule is COC(=O)C[C@H](C)[C@H](NC(=O)Cc1ccc2ccccc2c1)C(=O)OC. The molecule has 0 bridgehead atoms. The number of nitrogens with one attached hydrogen (secondary N) is 1. The van der Waals surface area contributed by atoms with E-state index in [0.717, 1.165) is 16.3 Å². The van der Waals surface area contributed by atoms with E-state index in [1.54, 1.807) is 6.92 Å². The Morgan fingerprint density at radius 3 is 2.35 bits per heavy atom. The van der Waals surface area contributed by atoms with Crippen LogP contribution in [0.15, 0.2) is 42.5 Å². The van der Waals surface area contributed by atoms with E-state index in [-0.39, 0.29) is 18.7 Å². The maximum atomic E-state index is 12.4. The van der Waals surface area contributed by atoms with E-state index >= 15 is 0 Å². The fraction of sp³-hybridized carbons (Fsp3) is 0.350. The average Bonchev–Trinajstić information content (AvgIpc) is 2.65. The first-order valence-corrected chi connectivity index (χ1v) is 8.36. The Morgan fingerprint density at radius 1 is 1.00 bits per heavy atom. The van der Waals surface area contributed by atoms with Crippen LogP contribution in [0, 0.1) is 5.92 Å². The average molecular weight is 357 g/mol. The summed E-state index contributed by atoms with van der Waals surface area (Å²) in [6.45, 7) is 1.69. The van der Waals surface area contributed by atoms with Crippen molar-refractivity contribution in [1.82, 2.24) is 5.32 Å². The van der Waals surface area contributed by atoms with Crippen molar-refractivity contribution in [1.29, 1.82) is 0 Å². The minimum atomic E-state index is -0.910. The molecule has 0 aromatic heterocycles. The standard InChI is InChI=1S/C20H23NO5/c1-13(10-18(23)25-2)19(20(24)26-3)21-17(22)12-14-8-9-15-6-4-5-7-16(15)11-14/h4-9,11,13,19H,10,12H2,1-3H3,(H,21,22)/t13-,19-/m0/s1. The molecule has 0 aliphatic rings. The molecule has 2 aromatic rings. The molecule has 2 atom stereocenters. The summed E-state index contributed by atoms with van der Waals surface area (Å²) in [4.78, 5) is 35.9. The molecular weight excluding hydrogens is 334 g/mol. The van der Waals surface area contributed by atoms with Gasteiger partial charge in [-0.3, -0.25) is 9.59 Å². The summed E-state index contributed by atoms with van der Waals surface area (Å²) in [6, 6.07) is 12.7. The molecular formula is C20H23NO5. The zero-order chi connectivity index (χ0) is 19.1. The number of carbonyl (C=O) groups excluding carboxylic acids is 3. The van der Waals surface area contributed by atoms with Gasteiger partial charge in [-0.1, -0.05) is 49.4 Å². The Kier molecular flexibility index (Phi) is 6.72. The summed E-state index contributed by atoms with van der Waals surface area (Å²) < 4.78 is 9.37. The zero-order valence-corrected chi connectivity index (χ0v) is 15.2. The van der Waals surface area contributed by atoms with Gasteiger partial charge >= 0.3 is 11.9 Å². The van der Waals surface area contributed by atoms with Crippen LogP contribution in [0.1, 0.15) is 18.9 Å². The maximum Gasteiger partial charge on any atom is 0.328 e. The predicted octanol–water partition coefficient (Wildman–Crippen LogP) is 2.24. The largest absolute Gasteiger partial charge is 0.469 e. The first-order chi connectivity index (χ1) is 12.4. The number of benzene rings is 2. The highest BCUT2D eigenvalue weighted by Crippen LogP contribution is 2.16. The third kappa shape index (κ3) is 5.05. The van der Waals surface area contributed by atoms with Crippen LogP contribution in [0.3, 0.4) is 0 Å². The van der Waals surface area contributed by atoms with Crippen LogP contribution in [0.25, 0.3) is 10.8 Å². The van der Waals surface area contributed by atoms with Gasteiger partial charge in [0.25, 0.3) is 0 Å². The second-order valence-electron chi connectivity index (χ2n) is 6.18. The fourth-order valence-electron chi connectivity index (χ4n) is 2.78. The van der Waals surface area contributed by atoms with Crippen LogP contribution in [-0.4, -0.2) is 38.1 Å². The van der Waals surface area contributed by atoms with Crippen molar-refractivity contribution in [2.45, 2.75) is 25.8 Å². The summed E-state index contributed by atoms with van der Waals surface area (Å²) >= 11 is 0. The van der Waals surface area contributed by atoms with E-state index in [0.29, 0.717) is 0 Å². The van der Waals surface area contributed by atoms with E-state index in [1.807, 2.05) is 42.5 Å². The molecule has 138 valence electrons. The van der Waals surface area contributed by atoms with Crippen molar-refractivity contribution in [2.75, 3.05) is 14.2 Å². The molecule has 6 heteroatoms. The molecule has 0 aliphatic heterocycles. The number of amides is 1. The molecule has 0 aliphatic carbocycles. The molecule has 2 aromatic carbocycles. The molecule has 0 saturated heterocycles. The van der Waals surface area contributed by atoms with E-state index in [4.69, 9.17) is 4.74 Å². The van der Waals surface area contributed by atoms with Crippen LogP contribution in [0.5, 0.6) is 0 Å². The van der Waals surface area contributed by atoms with Crippen molar-refractivity contribution >= 4 is 28.6 Å². The zero-order valence-electron chi connectivity index (χ0n) is 15.2. The first-order valence-electron chi connectivity index (χ1n) is 8.36. The van der Waals surface area contributed by atoms with Crippen LogP contribution >= 0.6 is 0 Å². The first kappa shape index (κ1) is 19.4. The van der Waals surface area contributed by atoms with Gasteiger partial charge in [0, 0.05) is 0 Å². The van der Waals surface area contributed by atoms with Crippen molar-refractivity contribution in [2.24, 2.45) is 5.92 Å². The van der Waals surface area contributed by atoms with Crippen LogP contribution in [0.4, 0.5) is 0 Å². The highest BCUT2D eigenvalue weighted by molar-refractivity contribution is 5.88. The molecule has 1 amide bonds. The number of carbonyl (C=O) groups is 3. The molecule has 1 N–H and O–H groups in total. The second kappa shape index (κ2) is 8.99. The summed E-state index contributed by atoms with van der Waals surface area (Å²) in [5, 5.41) is 4.81. The number of hydrogen-bond acceptors (Lipinski definition) is 5. The van der Waals surface area contributed by atoms with E-state index in [9.17, 15) is 14.4 Å². The van der Waals surface area contributed by atoms with Crippen molar-refractivity contribution < 1.29 is 23.9 Å². The molecule has 0 saturated carbocycles. The normalized spacial score (nSPS) is 12.9. The van der Waals surface area contributed by atoms with Crippen molar-refractivity contribution in [3.63, 3.8) is 0 Å². The molecule has 0 unspecified atom stereocenters. The number of rotatable bonds is 7. The second-order valence-corrected chi connectivity index (χ2v) is 6.18. The minimum absolute atomic E-state index is 0.00647. The Balaban J connectivity index is 2.07. The van der Waals surface area contributed by atoms with Crippen molar-refractivity contribution in [3.8, 4) is 0 Å². The summed E-state index contributed by atoms with van der Waals surface area (Å²) in [5.41, 5.74) is 0.838. The van der Waals surface area contributed by atoms with Gasteiger partial charge in [-0.05, 0) is 22.3 Å². The summed E-state index contributed by atoms with van der Waals surface area (Å²) in [7, 11) is 2.52. The number of hydrogen-bond donors (Lipinski definition) is 1. The smallest absolute Gasteiger partial charge is 0.328 e. The highest BCUT2D eigenvalue weighted by atomic mass is 16.5. The Bertz CT molecular complexity index is 802. The highest BCUT2D eigenvalue weighted by Gasteiger charge is 2.29. The van der Waals surface area contributed by atoms with Gasteiger partial charge < -0.3 is 14.8 Å². The van der Waals surface area contributed by atoms with Gasteiger partial charge in [0.1, 0.15) is 6.04 Å². The van der Waals surface area contributed by atoms with Gasteiger partial charge in [0.15, 0.2) is 0 Å². The number of esters is 2. The number of ether oxygens (including phenoxy) is 2. The van der Waals surface area contributed by atoms with Crippen LogP contribution in [-0.2, 0) is 30.3 Å². The minimum Gasteiger partial charge on any atom is -0.469 e. The molecule has 0 fully saturated rings. The number of fused-ring (bicyclic) bond motifs is 1. The Hall–Kier alpha value is -2.89. The fourth-order valence-corrected chi connectivity index (χ4v) is 2.78. The third-order valence-corrected chi connectivity index (χ3v) is 4.24. The molecule has 0 radical (unpaired) electrons. The molecule has 0 spiro atoms. The third-order valence-electron chi connectivity index (χ3n) is 4.24. The van der Waals surface area contributed by atoms with Crippen LogP contribution < -0.4 is 5.32 Å². The molecule has 6 nitrogen and oxygen atoms in total. The van der Waals surface area contributed by atoms with E-state index < -0.39 is 23.9 Å². The quantitative estimate of drug-likeness (QED) is 0.769. The molecule has 0 heterocycles. The van der Waals surface area contributed by atoms with Gasteiger partial charge in [0.05, 0.1) is 27.1 Å². The lowest BCUT2D eigenvalue weighted by molar-refractivity contribution is -0.148. The lowest BCUT2D eigenvalue weighted by Crippen LogP contribution is -2.46. The Labute approximate surface area is 152 Å². The van der Waals surface area contributed by atoms with Gasteiger partial charge in [-0.15, -0.1) is 0 Å². The monoisotopic (exact) mass is 357 g/mol. The van der Waals surface area contributed by atoms with Crippen molar-refractivity contribution in [3.05, 3.63) is 48.0 Å². The summed E-state index contributed by atoms with van der Waals surface area (Å²) in [6.07, 6.45) is 0.135. The lowest BCUT2D eigenvalue weighted by atomic mass is 9.97. The topological polar surface area (TPSA) is 81.7 Å². The predicted molar refractivity (Wildman–Crippen MR) is 97.4 cm³/mol. The number of methoxy groups -OCH3 is 2. The Morgan fingerprint density at radius 2 is 1.69 bits per heavy atom. The maximum absolute atomic E-state index is 12.4. The summed E-state index contributed by atoms with van der Waals surface area (Å²) in [5.74, 6) is -1.80. The van der Waals surface area contributed by atoms with Gasteiger partial charge in [-0.25, -0.2) is 4.79 Å². The lowest BCUT2D eigenvalue weighted by Gasteiger charge is -2.22. The van der Waals surface area contributed by atoms with E-state index in [1.165, 1.54) is 14.2 Å².